The number of hydrogen-bond donors (Lipinski definition) is 0. The Morgan fingerprint density at radius 1 is 0.294 bits per heavy atom. The van der Waals surface area contributed by atoms with Crippen LogP contribution < -0.4 is 0 Å². The van der Waals surface area contributed by atoms with E-state index in [1.165, 1.54) is 109 Å². The summed E-state index contributed by atoms with van der Waals surface area (Å²) in [6.45, 7) is 0. The fourth-order valence-electron chi connectivity index (χ4n) is 10.0. The third kappa shape index (κ3) is 3.40. The number of hydrogen-bond acceptors (Lipinski definition) is 0. The van der Waals surface area contributed by atoms with Gasteiger partial charge in [-0.3, -0.25) is 0 Å². The van der Waals surface area contributed by atoms with Crippen molar-refractivity contribution in [2.75, 3.05) is 0 Å². The Balaban J connectivity index is 1.25. The van der Waals surface area contributed by atoms with Crippen molar-refractivity contribution in [3.63, 3.8) is 0 Å². The van der Waals surface area contributed by atoms with Crippen LogP contribution in [-0.4, -0.2) is 0 Å². The molecule has 2 aliphatic carbocycles. The average molecular weight is 643 g/mol. The van der Waals surface area contributed by atoms with E-state index in [1.54, 1.807) is 0 Å². The van der Waals surface area contributed by atoms with Crippen molar-refractivity contribution in [2.45, 2.75) is 5.41 Å². The summed E-state index contributed by atoms with van der Waals surface area (Å²) < 4.78 is 0. The van der Waals surface area contributed by atoms with Crippen LogP contribution in [0.15, 0.2) is 182 Å². The lowest BCUT2D eigenvalue weighted by Crippen LogP contribution is -2.32. The molecule has 1 unspecified atom stereocenters. The first-order valence-corrected chi connectivity index (χ1v) is 17.9. The van der Waals surface area contributed by atoms with Crippen molar-refractivity contribution < 1.29 is 0 Å². The Morgan fingerprint density at radius 3 is 1.75 bits per heavy atom. The maximum Gasteiger partial charge on any atom is 0.0732 e. The SMILES string of the molecule is c1ccc2c(c1)-c1ccc(-c3ccc4c(ccc5ccccc54)c3)cc1C21c2c(c3ccccc3c3ccccc23)-c2cccc3cccc1c23. The average Bonchev–Trinajstić information content (AvgIpc) is 3.49. The zero-order valence-corrected chi connectivity index (χ0v) is 27.8. The zero-order chi connectivity index (χ0) is 33.3. The molecule has 0 aliphatic heterocycles. The van der Waals surface area contributed by atoms with Gasteiger partial charge >= 0.3 is 0 Å². The van der Waals surface area contributed by atoms with E-state index in [0.717, 1.165) is 0 Å². The molecule has 0 saturated carbocycles. The summed E-state index contributed by atoms with van der Waals surface area (Å²) >= 11 is 0. The molecule has 0 saturated heterocycles. The predicted molar refractivity (Wildman–Crippen MR) is 216 cm³/mol. The molecule has 10 aromatic rings. The molecule has 1 atom stereocenters. The van der Waals surface area contributed by atoms with Crippen molar-refractivity contribution in [2.24, 2.45) is 0 Å². The van der Waals surface area contributed by atoms with Crippen LogP contribution in [0.2, 0.25) is 0 Å². The number of benzene rings is 10. The highest BCUT2D eigenvalue weighted by Gasteiger charge is 2.51. The minimum atomic E-state index is -0.512. The quantitative estimate of drug-likeness (QED) is 0.156. The lowest BCUT2D eigenvalue weighted by molar-refractivity contribution is 0.783. The summed E-state index contributed by atoms with van der Waals surface area (Å²) in [6, 6.07) is 68.7. The summed E-state index contributed by atoms with van der Waals surface area (Å²) in [7, 11) is 0. The van der Waals surface area contributed by atoms with E-state index < -0.39 is 5.41 Å². The number of rotatable bonds is 1. The first-order valence-electron chi connectivity index (χ1n) is 17.9. The third-order valence-electron chi connectivity index (χ3n) is 12.0. The van der Waals surface area contributed by atoms with E-state index >= 15 is 0 Å². The summed E-state index contributed by atoms with van der Waals surface area (Å²) in [5, 5.41) is 13.0. The molecule has 0 fully saturated rings. The first-order chi connectivity index (χ1) is 25.3. The molecular weight excluding hydrogens is 613 g/mol. The van der Waals surface area contributed by atoms with E-state index in [0.29, 0.717) is 0 Å². The first kappa shape index (κ1) is 27.3. The van der Waals surface area contributed by atoms with E-state index in [9.17, 15) is 0 Å². The largest absolute Gasteiger partial charge is 0.0732 e. The molecule has 51 heavy (non-hydrogen) atoms. The van der Waals surface area contributed by atoms with E-state index in [4.69, 9.17) is 0 Å². The van der Waals surface area contributed by atoms with Crippen molar-refractivity contribution in [3.05, 3.63) is 204 Å². The Bertz CT molecular complexity index is 3140. The zero-order valence-electron chi connectivity index (χ0n) is 27.8. The second kappa shape index (κ2) is 9.81. The third-order valence-corrected chi connectivity index (χ3v) is 12.0. The Labute approximate surface area is 295 Å². The van der Waals surface area contributed by atoms with Crippen LogP contribution in [0, 0.1) is 0 Å². The van der Waals surface area contributed by atoms with Gasteiger partial charge in [0.05, 0.1) is 5.41 Å². The molecule has 1 spiro atoms. The van der Waals surface area contributed by atoms with Gasteiger partial charge in [0.1, 0.15) is 0 Å². The predicted octanol–water partition coefficient (Wildman–Crippen LogP) is 13.5. The monoisotopic (exact) mass is 642 g/mol. The van der Waals surface area contributed by atoms with Gasteiger partial charge in [-0.25, -0.2) is 0 Å². The second-order valence-corrected chi connectivity index (χ2v) is 14.3. The van der Waals surface area contributed by atoms with Crippen LogP contribution in [0.25, 0.3) is 87.2 Å². The van der Waals surface area contributed by atoms with Gasteiger partial charge in [-0.2, -0.15) is 0 Å². The second-order valence-electron chi connectivity index (χ2n) is 14.3. The van der Waals surface area contributed by atoms with Crippen LogP contribution in [0.1, 0.15) is 22.3 Å². The molecular formula is C51H30. The summed E-state index contributed by atoms with van der Waals surface area (Å²) in [4.78, 5) is 0. The molecule has 0 bridgehead atoms. The maximum absolute atomic E-state index is 2.53. The van der Waals surface area contributed by atoms with Crippen LogP contribution >= 0.6 is 0 Å². The van der Waals surface area contributed by atoms with Crippen molar-refractivity contribution >= 4 is 53.9 Å². The molecule has 0 N–H and O–H groups in total. The van der Waals surface area contributed by atoms with Crippen LogP contribution in [0.3, 0.4) is 0 Å². The molecule has 10 aromatic carbocycles. The molecule has 0 radical (unpaired) electrons. The molecule has 0 heteroatoms. The molecule has 0 amide bonds. The smallest absolute Gasteiger partial charge is 0.0619 e. The highest BCUT2D eigenvalue weighted by Crippen LogP contribution is 2.64. The Morgan fingerprint density at radius 2 is 0.863 bits per heavy atom. The Hall–Kier alpha value is -6.50. The molecule has 12 rings (SSSR count). The van der Waals surface area contributed by atoms with Gasteiger partial charge in [-0.05, 0) is 122 Å². The van der Waals surface area contributed by atoms with Crippen molar-refractivity contribution in [1.82, 2.24) is 0 Å². The highest BCUT2D eigenvalue weighted by molar-refractivity contribution is 6.22. The standard InChI is InChI=1S/C51H30/c1-2-14-36-31(11-1)23-24-35-29-33(25-27-37(35)36)34-26-28-41-40-17-7-8-21-45(40)51(47(41)30-34)46-22-10-13-32-12-9-20-44(48(32)46)49-42-18-5-3-15-38(42)39-16-4-6-19-43(39)50(49)51/h1-30H. The van der Waals surface area contributed by atoms with Crippen molar-refractivity contribution in [3.8, 4) is 33.4 Å². The molecule has 0 nitrogen and oxygen atoms in total. The van der Waals surface area contributed by atoms with Gasteiger partial charge in [-0.1, -0.05) is 170 Å². The van der Waals surface area contributed by atoms with Crippen LogP contribution in [-0.2, 0) is 5.41 Å². The van der Waals surface area contributed by atoms with Gasteiger partial charge < -0.3 is 0 Å². The summed E-state index contributed by atoms with van der Waals surface area (Å²) in [5.74, 6) is 0. The van der Waals surface area contributed by atoms with Gasteiger partial charge in [-0.15, -0.1) is 0 Å². The fourth-order valence-corrected chi connectivity index (χ4v) is 10.0. The minimum Gasteiger partial charge on any atom is -0.0619 e. The fraction of sp³-hybridized carbons (Fsp3) is 0.0196. The topological polar surface area (TPSA) is 0 Å². The molecule has 0 heterocycles. The lowest BCUT2D eigenvalue weighted by atomic mass is 9.59. The van der Waals surface area contributed by atoms with Gasteiger partial charge in [0.2, 0.25) is 0 Å². The van der Waals surface area contributed by atoms with Crippen LogP contribution in [0.5, 0.6) is 0 Å². The molecule has 234 valence electrons. The van der Waals surface area contributed by atoms with E-state index in [1.807, 2.05) is 0 Å². The van der Waals surface area contributed by atoms with Gasteiger partial charge in [0.25, 0.3) is 0 Å². The van der Waals surface area contributed by atoms with Gasteiger partial charge in [0.15, 0.2) is 0 Å². The van der Waals surface area contributed by atoms with Crippen LogP contribution in [0.4, 0.5) is 0 Å². The Kier molecular flexibility index (Phi) is 5.26. The normalized spacial score (nSPS) is 15.5. The summed E-state index contributed by atoms with van der Waals surface area (Å²) in [5.41, 5.74) is 12.8. The molecule has 2 aliphatic rings. The highest BCUT2D eigenvalue weighted by atomic mass is 14.5. The van der Waals surface area contributed by atoms with Crippen molar-refractivity contribution in [1.29, 1.82) is 0 Å². The number of fused-ring (bicyclic) bond motifs is 17. The molecule has 0 aromatic heterocycles. The lowest BCUT2D eigenvalue weighted by Gasteiger charge is -2.41. The summed E-state index contributed by atoms with van der Waals surface area (Å²) in [6.07, 6.45) is 0. The van der Waals surface area contributed by atoms with E-state index in [2.05, 4.69) is 182 Å². The maximum atomic E-state index is 2.53. The minimum absolute atomic E-state index is 0.512. The van der Waals surface area contributed by atoms with Gasteiger partial charge in [0, 0.05) is 0 Å². The van der Waals surface area contributed by atoms with E-state index in [-0.39, 0.29) is 0 Å².